The van der Waals surface area contributed by atoms with Crippen molar-refractivity contribution in [1.82, 2.24) is 4.98 Å². The summed E-state index contributed by atoms with van der Waals surface area (Å²) in [5.41, 5.74) is 1.42. The number of hydrogen-bond acceptors (Lipinski definition) is 1. The fraction of sp³-hybridized carbons (Fsp3) is 0.125. The number of benzene rings is 2. The normalized spacial score (nSPS) is 11.8. The fourth-order valence-corrected chi connectivity index (χ4v) is 2.25. The van der Waals surface area contributed by atoms with E-state index in [1.54, 1.807) is 7.11 Å². The van der Waals surface area contributed by atoms with Gasteiger partial charge in [0.1, 0.15) is 5.75 Å². The molecule has 0 atom stereocenters. The van der Waals surface area contributed by atoms with Crippen molar-refractivity contribution in [1.29, 1.82) is 0 Å². The molecule has 3 aromatic rings. The second-order valence-electron chi connectivity index (χ2n) is 4.71. The lowest BCUT2D eigenvalue weighted by Gasteiger charge is -2.05. The van der Waals surface area contributed by atoms with Gasteiger partial charge in [-0.15, -0.1) is 0 Å². The van der Waals surface area contributed by atoms with E-state index in [0.29, 0.717) is 11.3 Å². The molecule has 0 bridgehead atoms. The molecule has 0 aliphatic heterocycles. The maximum atomic E-state index is 12.7. The largest absolute Gasteiger partial charge is 0.497 e. The van der Waals surface area contributed by atoms with Crippen molar-refractivity contribution in [3.8, 4) is 17.0 Å². The van der Waals surface area contributed by atoms with Gasteiger partial charge in [-0.1, -0.05) is 18.2 Å². The molecule has 108 valence electrons. The standard InChI is InChI=1S/C16H12F3NO/c1-21-13-4-2-3-10(7-13)14-8-11-5-6-12(16(17,18)19)9-15(11)20-14/h2-9,20H,1H3. The van der Waals surface area contributed by atoms with Gasteiger partial charge in [0.2, 0.25) is 0 Å². The van der Waals surface area contributed by atoms with Gasteiger partial charge < -0.3 is 9.72 Å². The summed E-state index contributed by atoms with van der Waals surface area (Å²) in [5, 5.41) is 0.737. The van der Waals surface area contributed by atoms with Gasteiger partial charge in [-0.05, 0) is 30.3 Å². The van der Waals surface area contributed by atoms with Crippen LogP contribution in [-0.4, -0.2) is 12.1 Å². The Bertz CT molecular complexity index is 790. The minimum absolute atomic E-state index is 0.461. The zero-order chi connectivity index (χ0) is 15.0. The van der Waals surface area contributed by atoms with E-state index in [1.165, 1.54) is 6.07 Å². The third kappa shape index (κ3) is 2.59. The van der Waals surface area contributed by atoms with E-state index in [-0.39, 0.29) is 0 Å². The van der Waals surface area contributed by atoms with Crippen LogP contribution in [-0.2, 0) is 6.18 Å². The van der Waals surface area contributed by atoms with Crippen LogP contribution in [0.2, 0.25) is 0 Å². The van der Waals surface area contributed by atoms with Gasteiger partial charge in [-0.2, -0.15) is 13.2 Å². The Morgan fingerprint density at radius 2 is 1.81 bits per heavy atom. The van der Waals surface area contributed by atoms with Gasteiger partial charge in [-0.25, -0.2) is 0 Å². The molecule has 1 N–H and O–H groups in total. The van der Waals surface area contributed by atoms with Crippen LogP contribution in [0.5, 0.6) is 5.75 Å². The molecule has 0 saturated heterocycles. The highest BCUT2D eigenvalue weighted by atomic mass is 19.4. The Balaban J connectivity index is 2.08. The lowest BCUT2D eigenvalue weighted by molar-refractivity contribution is -0.137. The minimum atomic E-state index is -4.34. The average Bonchev–Trinajstić information content (AvgIpc) is 2.89. The first-order valence-corrected chi connectivity index (χ1v) is 6.32. The molecule has 0 aliphatic rings. The number of nitrogens with one attached hydrogen (secondary N) is 1. The van der Waals surface area contributed by atoms with Gasteiger partial charge in [0.15, 0.2) is 0 Å². The topological polar surface area (TPSA) is 25.0 Å². The Morgan fingerprint density at radius 1 is 1.00 bits per heavy atom. The van der Waals surface area contributed by atoms with Crippen LogP contribution in [0.25, 0.3) is 22.2 Å². The summed E-state index contributed by atoms with van der Waals surface area (Å²) in [6, 6.07) is 12.9. The molecule has 21 heavy (non-hydrogen) atoms. The van der Waals surface area contributed by atoms with Crippen LogP contribution >= 0.6 is 0 Å². The zero-order valence-electron chi connectivity index (χ0n) is 11.2. The maximum absolute atomic E-state index is 12.7. The molecule has 5 heteroatoms. The summed E-state index contributed by atoms with van der Waals surface area (Å²) in [7, 11) is 1.57. The van der Waals surface area contributed by atoms with Crippen molar-refractivity contribution in [2.24, 2.45) is 0 Å². The monoisotopic (exact) mass is 291 g/mol. The maximum Gasteiger partial charge on any atom is 0.416 e. The van der Waals surface area contributed by atoms with E-state index < -0.39 is 11.7 Å². The average molecular weight is 291 g/mol. The van der Waals surface area contributed by atoms with Crippen molar-refractivity contribution in [3.05, 3.63) is 54.1 Å². The molecule has 0 amide bonds. The molecule has 1 heterocycles. The Kier molecular flexibility index (Phi) is 3.12. The van der Waals surface area contributed by atoms with Crippen LogP contribution in [0.15, 0.2) is 48.5 Å². The van der Waals surface area contributed by atoms with Gasteiger partial charge in [0, 0.05) is 22.2 Å². The molecule has 2 nitrogen and oxygen atoms in total. The number of methoxy groups -OCH3 is 1. The zero-order valence-corrected chi connectivity index (χ0v) is 11.2. The summed E-state index contributed by atoms with van der Waals surface area (Å²) in [6.45, 7) is 0. The number of alkyl halides is 3. The predicted octanol–water partition coefficient (Wildman–Crippen LogP) is 4.86. The fourth-order valence-electron chi connectivity index (χ4n) is 2.25. The number of ether oxygens (including phenoxy) is 1. The van der Waals surface area contributed by atoms with Crippen molar-refractivity contribution < 1.29 is 17.9 Å². The smallest absolute Gasteiger partial charge is 0.416 e. The number of aromatic amines is 1. The lowest BCUT2D eigenvalue weighted by atomic mass is 10.1. The van der Waals surface area contributed by atoms with Crippen molar-refractivity contribution in [2.45, 2.75) is 6.18 Å². The van der Waals surface area contributed by atoms with Crippen molar-refractivity contribution in [2.75, 3.05) is 7.11 Å². The van der Waals surface area contributed by atoms with Crippen LogP contribution < -0.4 is 4.74 Å². The van der Waals surface area contributed by atoms with Crippen LogP contribution in [0, 0.1) is 0 Å². The molecular weight excluding hydrogens is 279 g/mol. The van der Waals surface area contributed by atoms with Crippen LogP contribution in [0.3, 0.4) is 0 Å². The highest BCUT2D eigenvalue weighted by molar-refractivity contribution is 5.86. The summed E-state index contributed by atoms with van der Waals surface area (Å²) in [4.78, 5) is 3.02. The van der Waals surface area contributed by atoms with Crippen molar-refractivity contribution in [3.63, 3.8) is 0 Å². The van der Waals surface area contributed by atoms with Gasteiger partial charge >= 0.3 is 6.18 Å². The van der Waals surface area contributed by atoms with E-state index >= 15 is 0 Å². The summed E-state index contributed by atoms with van der Waals surface area (Å²) in [5.74, 6) is 0.696. The van der Waals surface area contributed by atoms with Gasteiger partial charge in [0.25, 0.3) is 0 Å². The van der Waals surface area contributed by atoms with E-state index in [0.717, 1.165) is 28.8 Å². The number of rotatable bonds is 2. The first-order valence-electron chi connectivity index (χ1n) is 6.32. The lowest BCUT2D eigenvalue weighted by Crippen LogP contribution is -2.03. The summed E-state index contributed by atoms with van der Waals surface area (Å²) < 4.78 is 43.3. The summed E-state index contributed by atoms with van der Waals surface area (Å²) in [6.07, 6.45) is -4.34. The Hall–Kier alpha value is -2.43. The highest BCUT2D eigenvalue weighted by Gasteiger charge is 2.30. The van der Waals surface area contributed by atoms with Gasteiger partial charge in [-0.3, -0.25) is 0 Å². The molecule has 3 rings (SSSR count). The second kappa shape index (κ2) is 4.84. The third-order valence-corrected chi connectivity index (χ3v) is 3.33. The first kappa shape index (κ1) is 13.5. The second-order valence-corrected chi connectivity index (χ2v) is 4.71. The van der Waals surface area contributed by atoms with E-state index in [2.05, 4.69) is 4.98 Å². The van der Waals surface area contributed by atoms with Crippen LogP contribution in [0.1, 0.15) is 5.56 Å². The SMILES string of the molecule is COc1cccc(-c2cc3ccc(C(F)(F)F)cc3[nH]2)c1. The molecule has 1 aromatic heterocycles. The molecular formula is C16H12F3NO. The number of halogens is 3. The van der Waals surface area contributed by atoms with Crippen molar-refractivity contribution >= 4 is 10.9 Å². The molecule has 0 saturated carbocycles. The van der Waals surface area contributed by atoms with E-state index in [4.69, 9.17) is 4.74 Å². The third-order valence-electron chi connectivity index (χ3n) is 3.33. The number of H-pyrrole nitrogens is 1. The van der Waals surface area contributed by atoms with E-state index in [9.17, 15) is 13.2 Å². The van der Waals surface area contributed by atoms with Crippen LogP contribution in [0.4, 0.5) is 13.2 Å². The summed E-state index contributed by atoms with van der Waals surface area (Å²) >= 11 is 0. The molecule has 2 aromatic carbocycles. The molecule has 0 spiro atoms. The highest BCUT2D eigenvalue weighted by Crippen LogP contribution is 2.33. The van der Waals surface area contributed by atoms with Gasteiger partial charge in [0.05, 0.1) is 12.7 Å². The quantitative estimate of drug-likeness (QED) is 0.716. The number of hydrogen-bond donors (Lipinski definition) is 1. The predicted molar refractivity (Wildman–Crippen MR) is 75.3 cm³/mol. The first-order chi connectivity index (χ1) is 9.97. The molecule has 0 aliphatic carbocycles. The minimum Gasteiger partial charge on any atom is -0.497 e. The van der Waals surface area contributed by atoms with E-state index in [1.807, 2.05) is 30.3 Å². The molecule has 0 fully saturated rings. The molecule has 0 unspecified atom stereocenters. The number of aromatic nitrogens is 1. The Labute approximate surface area is 119 Å². The molecule has 0 radical (unpaired) electrons. The number of fused-ring (bicyclic) bond motifs is 1. The Morgan fingerprint density at radius 3 is 2.52 bits per heavy atom.